The molecule has 1 aliphatic carbocycles. The normalized spacial score (nSPS) is 16.6. The van der Waals surface area contributed by atoms with Crippen molar-refractivity contribution in [2.45, 2.75) is 45.2 Å². The number of aryl methyl sites for hydroxylation is 1. The van der Waals surface area contributed by atoms with E-state index in [1.54, 1.807) is 10.9 Å². The Hall–Kier alpha value is -1.69. The van der Waals surface area contributed by atoms with Crippen LogP contribution >= 0.6 is 0 Å². The van der Waals surface area contributed by atoms with Gasteiger partial charge in [0.25, 0.3) is 5.56 Å². The maximum absolute atomic E-state index is 12.0. The van der Waals surface area contributed by atoms with Gasteiger partial charge in [-0.1, -0.05) is 19.8 Å². The van der Waals surface area contributed by atoms with Crippen LogP contribution in [0, 0.1) is 0 Å². The molecule has 0 spiro atoms. The minimum absolute atomic E-state index is 0.0967. The van der Waals surface area contributed by atoms with Crippen LogP contribution < -0.4 is 5.56 Å². The zero-order chi connectivity index (χ0) is 14.1. The number of nitrogens with zero attached hydrogens (tertiary/aromatic N) is 4. The van der Waals surface area contributed by atoms with Gasteiger partial charge in [0.05, 0.1) is 12.7 Å². The minimum Gasteiger partial charge on any atom is -0.309 e. The van der Waals surface area contributed by atoms with Crippen LogP contribution in [-0.2, 0) is 13.6 Å². The molecule has 0 radical (unpaired) electrons. The van der Waals surface area contributed by atoms with Crippen LogP contribution in [0.2, 0.25) is 0 Å². The van der Waals surface area contributed by atoms with E-state index in [0.717, 1.165) is 12.4 Å². The van der Waals surface area contributed by atoms with E-state index in [1.165, 1.54) is 25.7 Å². The van der Waals surface area contributed by atoms with Crippen molar-refractivity contribution >= 4 is 11.0 Å². The molecule has 3 rings (SSSR count). The molecular weight excluding hydrogens is 254 g/mol. The van der Waals surface area contributed by atoms with Crippen LogP contribution in [0.3, 0.4) is 0 Å². The Labute approximate surface area is 117 Å². The quantitative estimate of drug-likeness (QED) is 0.916. The molecular formula is C14H21N5O. The summed E-state index contributed by atoms with van der Waals surface area (Å²) in [4.78, 5) is 21.9. The second kappa shape index (κ2) is 5.36. The Morgan fingerprint density at radius 3 is 2.90 bits per heavy atom. The molecule has 6 heteroatoms. The van der Waals surface area contributed by atoms with Gasteiger partial charge in [0, 0.05) is 13.1 Å². The number of hydrogen-bond donors (Lipinski definition) is 1. The van der Waals surface area contributed by atoms with Crippen molar-refractivity contribution in [1.82, 2.24) is 24.6 Å². The molecule has 0 amide bonds. The van der Waals surface area contributed by atoms with Gasteiger partial charge in [0.1, 0.15) is 11.2 Å². The third-order valence-electron chi connectivity index (χ3n) is 4.25. The van der Waals surface area contributed by atoms with Crippen molar-refractivity contribution in [3.8, 4) is 0 Å². The first-order valence-electron chi connectivity index (χ1n) is 7.34. The molecule has 0 saturated heterocycles. The molecule has 0 bridgehead atoms. The highest BCUT2D eigenvalue weighted by molar-refractivity contribution is 5.72. The molecule has 2 aromatic rings. The highest BCUT2D eigenvalue weighted by Crippen LogP contribution is 2.24. The van der Waals surface area contributed by atoms with E-state index in [9.17, 15) is 4.79 Å². The molecule has 108 valence electrons. The van der Waals surface area contributed by atoms with Gasteiger partial charge >= 0.3 is 0 Å². The SMILES string of the molecule is CCN(Cc1nc2c(cnn2C)c(=O)[nH]1)C1CCCC1. The molecule has 2 heterocycles. The van der Waals surface area contributed by atoms with Crippen LogP contribution in [0.4, 0.5) is 0 Å². The van der Waals surface area contributed by atoms with Gasteiger partial charge in [-0.2, -0.15) is 5.10 Å². The number of fused-ring (bicyclic) bond motifs is 1. The third-order valence-corrected chi connectivity index (χ3v) is 4.25. The second-order valence-electron chi connectivity index (χ2n) is 5.52. The maximum atomic E-state index is 12.0. The largest absolute Gasteiger partial charge is 0.309 e. The lowest BCUT2D eigenvalue weighted by atomic mass is 10.2. The van der Waals surface area contributed by atoms with Crippen molar-refractivity contribution in [2.24, 2.45) is 7.05 Å². The van der Waals surface area contributed by atoms with E-state index in [-0.39, 0.29) is 5.56 Å². The Bertz CT molecular complexity index is 653. The number of aromatic nitrogens is 4. The van der Waals surface area contributed by atoms with E-state index in [4.69, 9.17) is 0 Å². The molecule has 0 aromatic carbocycles. The van der Waals surface area contributed by atoms with Crippen molar-refractivity contribution in [1.29, 1.82) is 0 Å². The molecule has 1 aliphatic rings. The van der Waals surface area contributed by atoms with Gasteiger partial charge < -0.3 is 4.98 Å². The van der Waals surface area contributed by atoms with Crippen LogP contribution in [0.5, 0.6) is 0 Å². The van der Waals surface area contributed by atoms with Crippen LogP contribution in [0.15, 0.2) is 11.0 Å². The lowest BCUT2D eigenvalue weighted by Gasteiger charge is -2.26. The zero-order valence-corrected chi connectivity index (χ0v) is 12.1. The lowest BCUT2D eigenvalue weighted by Crippen LogP contribution is -2.33. The summed E-state index contributed by atoms with van der Waals surface area (Å²) in [7, 11) is 1.81. The maximum Gasteiger partial charge on any atom is 0.262 e. The summed E-state index contributed by atoms with van der Waals surface area (Å²) in [6.07, 6.45) is 6.70. The Morgan fingerprint density at radius 1 is 1.45 bits per heavy atom. The van der Waals surface area contributed by atoms with Crippen molar-refractivity contribution in [3.05, 3.63) is 22.4 Å². The Morgan fingerprint density at radius 2 is 2.20 bits per heavy atom. The standard InChI is InChI=1S/C14H21N5O/c1-3-19(10-6-4-5-7-10)9-12-16-13-11(14(20)17-12)8-15-18(13)2/h8,10H,3-7,9H2,1-2H3,(H,16,17,20). The summed E-state index contributed by atoms with van der Waals surface area (Å²) in [6, 6.07) is 0.632. The van der Waals surface area contributed by atoms with E-state index >= 15 is 0 Å². The molecule has 0 unspecified atom stereocenters. The van der Waals surface area contributed by atoms with Gasteiger partial charge in [-0.15, -0.1) is 0 Å². The first-order valence-corrected chi connectivity index (χ1v) is 7.34. The van der Waals surface area contributed by atoms with E-state index in [1.807, 2.05) is 7.05 Å². The number of hydrogen-bond acceptors (Lipinski definition) is 4. The predicted molar refractivity (Wildman–Crippen MR) is 77.5 cm³/mol. The second-order valence-corrected chi connectivity index (χ2v) is 5.52. The van der Waals surface area contributed by atoms with Gasteiger partial charge in [-0.3, -0.25) is 14.4 Å². The molecule has 0 aliphatic heterocycles. The van der Waals surface area contributed by atoms with E-state index in [0.29, 0.717) is 23.6 Å². The Kier molecular flexibility index (Phi) is 3.56. The fraction of sp³-hybridized carbons (Fsp3) is 0.643. The molecule has 0 atom stereocenters. The summed E-state index contributed by atoms with van der Waals surface area (Å²) >= 11 is 0. The smallest absolute Gasteiger partial charge is 0.262 e. The molecule has 1 saturated carbocycles. The van der Waals surface area contributed by atoms with Gasteiger partial charge in [0.15, 0.2) is 5.65 Å². The van der Waals surface area contributed by atoms with Crippen LogP contribution in [0.1, 0.15) is 38.4 Å². The monoisotopic (exact) mass is 275 g/mol. The predicted octanol–water partition coefficient (Wildman–Crippen LogP) is 1.42. The number of aromatic amines is 1. The van der Waals surface area contributed by atoms with Crippen molar-refractivity contribution in [2.75, 3.05) is 6.54 Å². The van der Waals surface area contributed by atoms with Crippen LogP contribution in [-0.4, -0.2) is 37.2 Å². The highest BCUT2D eigenvalue weighted by atomic mass is 16.1. The molecule has 6 nitrogen and oxygen atoms in total. The summed E-state index contributed by atoms with van der Waals surface area (Å²) in [5, 5.41) is 4.65. The van der Waals surface area contributed by atoms with Gasteiger partial charge in [-0.05, 0) is 19.4 Å². The first kappa shape index (κ1) is 13.3. The fourth-order valence-corrected chi connectivity index (χ4v) is 3.11. The fourth-order valence-electron chi connectivity index (χ4n) is 3.11. The molecule has 20 heavy (non-hydrogen) atoms. The number of H-pyrrole nitrogens is 1. The Balaban J connectivity index is 1.89. The summed E-state index contributed by atoms with van der Waals surface area (Å²) in [5.74, 6) is 0.736. The highest BCUT2D eigenvalue weighted by Gasteiger charge is 2.22. The zero-order valence-electron chi connectivity index (χ0n) is 12.1. The molecule has 1 N–H and O–H groups in total. The summed E-state index contributed by atoms with van der Waals surface area (Å²) in [6.45, 7) is 3.86. The molecule has 1 fully saturated rings. The van der Waals surface area contributed by atoms with Gasteiger partial charge in [0.2, 0.25) is 0 Å². The average molecular weight is 275 g/mol. The summed E-state index contributed by atoms with van der Waals surface area (Å²) in [5.41, 5.74) is 0.562. The van der Waals surface area contributed by atoms with Crippen molar-refractivity contribution in [3.63, 3.8) is 0 Å². The third kappa shape index (κ3) is 2.35. The first-order chi connectivity index (χ1) is 9.69. The van der Waals surface area contributed by atoms with Gasteiger partial charge in [-0.25, -0.2) is 4.98 Å². The van der Waals surface area contributed by atoms with Crippen molar-refractivity contribution < 1.29 is 0 Å². The topological polar surface area (TPSA) is 66.8 Å². The van der Waals surface area contributed by atoms with E-state index < -0.39 is 0 Å². The van der Waals surface area contributed by atoms with Crippen LogP contribution in [0.25, 0.3) is 11.0 Å². The minimum atomic E-state index is -0.0967. The molecule has 2 aromatic heterocycles. The van der Waals surface area contributed by atoms with E-state index in [2.05, 4.69) is 26.9 Å². The lowest BCUT2D eigenvalue weighted by molar-refractivity contribution is 0.195. The number of rotatable bonds is 4. The number of nitrogens with one attached hydrogen (secondary N) is 1. The average Bonchev–Trinajstić information content (AvgIpc) is 3.07. The summed E-state index contributed by atoms with van der Waals surface area (Å²) < 4.78 is 1.65.